The number of benzene rings is 2. The van der Waals surface area contributed by atoms with E-state index in [-0.39, 0.29) is 18.6 Å². The fourth-order valence-electron chi connectivity index (χ4n) is 2.75. The van der Waals surface area contributed by atoms with Crippen LogP contribution >= 0.6 is 0 Å². The molecule has 0 aromatic heterocycles. The van der Waals surface area contributed by atoms with Gasteiger partial charge in [-0.05, 0) is 42.3 Å². The Morgan fingerprint density at radius 3 is 2.03 bits per heavy atom. The fraction of sp³-hybridized carbons (Fsp3) is 0.381. The molecule has 1 amide bonds. The molecule has 0 aliphatic carbocycles. The van der Waals surface area contributed by atoms with Crippen molar-refractivity contribution in [3.63, 3.8) is 0 Å². The standard InChI is InChI=1S/C21H24F3NO5/c1-13(16-9-17(27-2)19(29-4)18(10-16)28-3)25-20(26)15-7-5-14(6-8-15)11-30-12-21(22,23)24/h5-10,13H,11-12H2,1-4H3,(H,25,26). The molecule has 30 heavy (non-hydrogen) atoms. The van der Waals surface area contributed by atoms with E-state index in [2.05, 4.69) is 10.1 Å². The quantitative estimate of drug-likeness (QED) is 0.647. The van der Waals surface area contributed by atoms with Gasteiger partial charge >= 0.3 is 6.18 Å². The summed E-state index contributed by atoms with van der Waals surface area (Å²) >= 11 is 0. The summed E-state index contributed by atoms with van der Waals surface area (Å²) in [4.78, 5) is 12.5. The van der Waals surface area contributed by atoms with Crippen LogP contribution in [0.25, 0.3) is 0 Å². The Kier molecular flexibility index (Phi) is 7.93. The Labute approximate surface area is 172 Å². The zero-order valence-electron chi connectivity index (χ0n) is 17.1. The molecule has 0 bridgehead atoms. The topological polar surface area (TPSA) is 66.0 Å². The highest BCUT2D eigenvalue weighted by Gasteiger charge is 2.27. The van der Waals surface area contributed by atoms with Crippen molar-refractivity contribution in [3.8, 4) is 17.2 Å². The van der Waals surface area contributed by atoms with Crippen LogP contribution in [0.4, 0.5) is 13.2 Å². The lowest BCUT2D eigenvalue weighted by Gasteiger charge is -2.19. The predicted octanol–water partition coefficient (Wildman–Crippen LogP) is 4.28. The first-order chi connectivity index (χ1) is 14.2. The van der Waals surface area contributed by atoms with Gasteiger partial charge in [-0.15, -0.1) is 0 Å². The van der Waals surface area contributed by atoms with Crippen molar-refractivity contribution in [1.82, 2.24) is 5.32 Å². The fourth-order valence-corrected chi connectivity index (χ4v) is 2.75. The summed E-state index contributed by atoms with van der Waals surface area (Å²) in [5.41, 5.74) is 1.65. The molecule has 0 saturated carbocycles. The van der Waals surface area contributed by atoms with E-state index in [0.717, 1.165) is 5.56 Å². The summed E-state index contributed by atoms with van der Waals surface area (Å²) in [6, 6.07) is 9.28. The van der Waals surface area contributed by atoms with Crippen molar-refractivity contribution >= 4 is 5.91 Å². The van der Waals surface area contributed by atoms with E-state index in [1.165, 1.54) is 33.5 Å². The highest BCUT2D eigenvalue weighted by atomic mass is 19.4. The third-order valence-corrected chi connectivity index (χ3v) is 4.29. The summed E-state index contributed by atoms with van der Waals surface area (Å²) < 4.78 is 56.9. The SMILES string of the molecule is COc1cc(C(C)NC(=O)c2ccc(COCC(F)(F)F)cc2)cc(OC)c1OC. The average Bonchev–Trinajstić information content (AvgIpc) is 2.71. The lowest BCUT2D eigenvalue weighted by atomic mass is 10.1. The van der Waals surface area contributed by atoms with Crippen molar-refractivity contribution in [2.24, 2.45) is 0 Å². The Balaban J connectivity index is 2.05. The number of hydrogen-bond acceptors (Lipinski definition) is 5. The average molecular weight is 427 g/mol. The second kappa shape index (κ2) is 10.2. The molecule has 1 unspecified atom stereocenters. The number of nitrogens with one attached hydrogen (secondary N) is 1. The summed E-state index contributed by atoms with van der Waals surface area (Å²) in [7, 11) is 4.51. The molecule has 0 radical (unpaired) electrons. The number of alkyl halides is 3. The Hall–Kier alpha value is -2.94. The molecule has 0 heterocycles. The Morgan fingerprint density at radius 2 is 1.57 bits per heavy atom. The van der Waals surface area contributed by atoms with Crippen molar-refractivity contribution in [1.29, 1.82) is 0 Å². The van der Waals surface area contributed by atoms with Crippen LogP contribution in [0, 0.1) is 0 Å². The number of rotatable bonds is 9. The number of amides is 1. The molecule has 164 valence electrons. The van der Waals surface area contributed by atoms with Gasteiger partial charge in [-0.1, -0.05) is 12.1 Å². The summed E-state index contributed by atoms with van der Waals surface area (Å²) in [6.45, 7) is 0.294. The summed E-state index contributed by atoms with van der Waals surface area (Å²) in [6.07, 6.45) is -4.37. The van der Waals surface area contributed by atoms with Gasteiger partial charge in [-0.2, -0.15) is 13.2 Å². The minimum Gasteiger partial charge on any atom is -0.493 e. The largest absolute Gasteiger partial charge is 0.493 e. The van der Waals surface area contributed by atoms with Gasteiger partial charge < -0.3 is 24.3 Å². The number of halogens is 3. The third-order valence-electron chi connectivity index (χ3n) is 4.29. The van der Waals surface area contributed by atoms with Gasteiger partial charge in [-0.3, -0.25) is 4.79 Å². The van der Waals surface area contributed by atoms with Gasteiger partial charge in [0.2, 0.25) is 5.75 Å². The van der Waals surface area contributed by atoms with Crippen molar-refractivity contribution in [2.45, 2.75) is 25.7 Å². The van der Waals surface area contributed by atoms with E-state index < -0.39 is 12.8 Å². The Morgan fingerprint density at radius 1 is 1.00 bits per heavy atom. The molecule has 6 nitrogen and oxygen atoms in total. The van der Waals surface area contributed by atoms with Crippen molar-refractivity contribution < 1.29 is 36.9 Å². The van der Waals surface area contributed by atoms with Crippen LogP contribution in [-0.4, -0.2) is 40.0 Å². The van der Waals surface area contributed by atoms with Gasteiger partial charge in [0.1, 0.15) is 6.61 Å². The van der Waals surface area contributed by atoms with Crippen LogP contribution in [0.2, 0.25) is 0 Å². The first-order valence-corrected chi connectivity index (χ1v) is 9.02. The molecule has 0 fully saturated rings. The normalized spacial score (nSPS) is 12.2. The van der Waals surface area contributed by atoms with E-state index in [1.807, 2.05) is 0 Å². The van der Waals surface area contributed by atoms with Crippen molar-refractivity contribution in [2.75, 3.05) is 27.9 Å². The molecule has 1 N–H and O–H groups in total. The maximum absolute atomic E-state index is 12.5. The van der Waals surface area contributed by atoms with E-state index in [0.29, 0.717) is 28.4 Å². The zero-order valence-corrected chi connectivity index (χ0v) is 17.1. The molecule has 9 heteroatoms. The minimum atomic E-state index is -4.37. The van der Waals surface area contributed by atoms with E-state index >= 15 is 0 Å². The molecule has 1 atom stereocenters. The van der Waals surface area contributed by atoms with Crippen LogP contribution in [0.3, 0.4) is 0 Å². The second-order valence-electron chi connectivity index (χ2n) is 6.46. The van der Waals surface area contributed by atoms with Crippen LogP contribution in [0.15, 0.2) is 36.4 Å². The number of hydrogen-bond donors (Lipinski definition) is 1. The zero-order chi connectivity index (χ0) is 22.3. The lowest BCUT2D eigenvalue weighted by molar-refractivity contribution is -0.176. The van der Waals surface area contributed by atoms with Gasteiger partial charge in [-0.25, -0.2) is 0 Å². The summed E-state index contributed by atoms with van der Waals surface area (Å²) in [5, 5.41) is 2.86. The van der Waals surface area contributed by atoms with Crippen LogP contribution in [0.5, 0.6) is 17.2 Å². The molecule has 2 aromatic carbocycles. The summed E-state index contributed by atoms with van der Waals surface area (Å²) in [5.74, 6) is 1.05. The van der Waals surface area contributed by atoms with E-state index in [4.69, 9.17) is 14.2 Å². The molecule has 0 saturated heterocycles. The van der Waals surface area contributed by atoms with Gasteiger partial charge in [0.25, 0.3) is 5.91 Å². The molecule has 0 spiro atoms. The van der Waals surface area contributed by atoms with Gasteiger partial charge in [0.15, 0.2) is 11.5 Å². The highest BCUT2D eigenvalue weighted by Crippen LogP contribution is 2.39. The van der Waals surface area contributed by atoms with Crippen LogP contribution < -0.4 is 19.5 Å². The van der Waals surface area contributed by atoms with E-state index in [9.17, 15) is 18.0 Å². The predicted molar refractivity (Wildman–Crippen MR) is 104 cm³/mol. The van der Waals surface area contributed by atoms with Crippen LogP contribution in [-0.2, 0) is 11.3 Å². The molecular formula is C21H24F3NO5. The molecule has 2 aromatic rings. The maximum atomic E-state index is 12.5. The Bertz CT molecular complexity index is 828. The molecule has 0 aliphatic heterocycles. The minimum absolute atomic E-state index is 0.191. The molecular weight excluding hydrogens is 403 g/mol. The number of ether oxygens (including phenoxy) is 4. The number of carbonyl (C=O) groups excluding carboxylic acids is 1. The number of methoxy groups -OCH3 is 3. The second-order valence-corrected chi connectivity index (χ2v) is 6.46. The van der Waals surface area contributed by atoms with Gasteiger partial charge in [0, 0.05) is 5.56 Å². The maximum Gasteiger partial charge on any atom is 0.411 e. The molecule has 0 aliphatic rings. The first kappa shape index (κ1) is 23.3. The molecule has 2 rings (SSSR count). The monoisotopic (exact) mass is 427 g/mol. The highest BCUT2D eigenvalue weighted by molar-refractivity contribution is 5.94. The van der Waals surface area contributed by atoms with Gasteiger partial charge in [0.05, 0.1) is 34.0 Å². The number of carbonyl (C=O) groups is 1. The van der Waals surface area contributed by atoms with Crippen LogP contribution in [0.1, 0.15) is 34.5 Å². The first-order valence-electron chi connectivity index (χ1n) is 9.02. The smallest absolute Gasteiger partial charge is 0.411 e. The third kappa shape index (κ3) is 6.28. The van der Waals surface area contributed by atoms with E-state index in [1.54, 1.807) is 31.2 Å². The lowest BCUT2D eigenvalue weighted by Crippen LogP contribution is -2.26. The van der Waals surface area contributed by atoms with Crippen molar-refractivity contribution in [3.05, 3.63) is 53.1 Å².